The minimum absolute atomic E-state index is 0.212. The number of ether oxygens (including phenoxy) is 1. The second kappa shape index (κ2) is 6.73. The van der Waals surface area contributed by atoms with Crippen molar-refractivity contribution < 1.29 is 4.74 Å². The van der Waals surface area contributed by atoms with Crippen molar-refractivity contribution >= 4 is 15.9 Å². The third-order valence-corrected chi connectivity index (χ3v) is 3.59. The fraction of sp³-hybridized carbons (Fsp3) is 0.250. The number of hydrogen-bond acceptors (Lipinski definition) is 2. The van der Waals surface area contributed by atoms with Gasteiger partial charge in [0.1, 0.15) is 5.75 Å². The van der Waals surface area contributed by atoms with Crippen molar-refractivity contribution in [2.45, 2.75) is 13.0 Å². The van der Waals surface area contributed by atoms with E-state index in [1.807, 2.05) is 12.1 Å². The zero-order valence-corrected chi connectivity index (χ0v) is 12.8. The van der Waals surface area contributed by atoms with Crippen molar-refractivity contribution in [3.05, 3.63) is 64.1 Å². The van der Waals surface area contributed by atoms with Crippen LogP contribution in [0, 0.1) is 0 Å². The van der Waals surface area contributed by atoms with Crippen LogP contribution in [0.5, 0.6) is 5.75 Å². The molecule has 2 aromatic carbocycles. The fourth-order valence-corrected chi connectivity index (χ4v) is 2.35. The van der Waals surface area contributed by atoms with E-state index < -0.39 is 0 Å². The van der Waals surface area contributed by atoms with Crippen LogP contribution in [-0.2, 0) is 0 Å². The van der Waals surface area contributed by atoms with Gasteiger partial charge in [0.25, 0.3) is 0 Å². The molecule has 1 atom stereocenters. The first-order valence-corrected chi connectivity index (χ1v) is 7.16. The molecule has 0 fully saturated rings. The van der Waals surface area contributed by atoms with Gasteiger partial charge < -0.3 is 10.1 Å². The van der Waals surface area contributed by atoms with Gasteiger partial charge in [-0.3, -0.25) is 0 Å². The number of methoxy groups -OCH3 is 1. The second-order valence-corrected chi connectivity index (χ2v) is 5.23. The molecule has 0 aliphatic heterocycles. The molecule has 0 amide bonds. The molecule has 0 bridgehead atoms. The van der Waals surface area contributed by atoms with Crippen molar-refractivity contribution in [2.75, 3.05) is 13.7 Å². The summed E-state index contributed by atoms with van der Waals surface area (Å²) in [4.78, 5) is 0. The zero-order chi connectivity index (χ0) is 13.7. The Morgan fingerprint density at radius 3 is 2.00 bits per heavy atom. The van der Waals surface area contributed by atoms with Crippen LogP contribution in [0.4, 0.5) is 0 Å². The fourth-order valence-electron chi connectivity index (χ4n) is 2.08. The summed E-state index contributed by atoms with van der Waals surface area (Å²) in [7, 11) is 1.69. The van der Waals surface area contributed by atoms with Gasteiger partial charge in [0.2, 0.25) is 0 Å². The SMILES string of the molecule is CCNC(c1ccc(Br)cc1)c1ccc(OC)cc1. The standard InChI is InChI=1S/C16H18BrNO/c1-3-18-16(12-4-8-14(17)9-5-12)13-6-10-15(19-2)11-7-13/h4-11,16,18H,3H2,1-2H3. The highest BCUT2D eigenvalue weighted by molar-refractivity contribution is 9.10. The summed E-state index contributed by atoms with van der Waals surface area (Å²) in [6.07, 6.45) is 0. The van der Waals surface area contributed by atoms with Crippen LogP contribution in [0.15, 0.2) is 53.0 Å². The summed E-state index contributed by atoms with van der Waals surface area (Å²) in [6, 6.07) is 16.8. The lowest BCUT2D eigenvalue weighted by molar-refractivity contribution is 0.414. The molecule has 0 aromatic heterocycles. The molecule has 0 aliphatic carbocycles. The third kappa shape index (κ3) is 3.58. The topological polar surface area (TPSA) is 21.3 Å². The predicted octanol–water partition coefficient (Wildman–Crippen LogP) is 4.16. The van der Waals surface area contributed by atoms with Gasteiger partial charge in [-0.1, -0.05) is 47.1 Å². The maximum atomic E-state index is 5.20. The summed E-state index contributed by atoms with van der Waals surface area (Å²) in [5.74, 6) is 0.884. The van der Waals surface area contributed by atoms with Gasteiger partial charge in [0.05, 0.1) is 13.2 Å². The molecule has 0 aliphatic rings. The summed E-state index contributed by atoms with van der Waals surface area (Å²) in [6.45, 7) is 3.04. The van der Waals surface area contributed by atoms with Crippen molar-refractivity contribution in [2.24, 2.45) is 0 Å². The Morgan fingerprint density at radius 2 is 1.53 bits per heavy atom. The van der Waals surface area contributed by atoms with Crippen molar-refractivity contribution in [3.63, 3.8) is 0 Å². The van der Waals surface area contributed by atoms with E-state index in [-0.39, 0.29) is 6.04 Å². The summed E-state index contributed by atoms with van der Waals surface area (Å²) >= 11 is 3.47. The molecule has 2 aromatic rings. The zero-order valence-electron chi connectivity index (χ0n) is 11.2. The molecule has 2 rings (SSSR count). The molecule has 0 radical (unpaired) electrons. The second-order valence-electron chi connectivity index (χ2n) is 4.32. The van der Waals surface area contributed by atoms with Gasteiger partial charge in [-0.05, 0) is 41.9 Å². The predicted molar refractivity (Wildman–Crippen MR) is 82.7 cm³/mol. The van der Waals surface area contributed by atoms with E-state index in [1.54, 1.807) is 7.11 Å². The monoisotopic (exact) mass is 319 g/mol. The van der Waals surface area contributed by atoms with Crippen LogP contribution in [0.2, 0.25) is 0 Å². The Kier molecular flexibility index (Phi) is 5.00. The Labute approximate surface area is 122 Å². The van der Waals surface area contributed by atoms with Crippen molar-refractivity contribution in [3.8, 4) is 5.75 Å². The molecular formula is C16H18BrNO. The van der Waals surface area contributed by atoms with Crippen LogP contribution in [0.1, 0.15) is 24.1 Å². The molecule has 0 saturated carbocycles. The summed E-state index contributed by atoms with van der Waals surface area (Å²) in [5, 5.41) is 3.52. The summed E-state index contributed by atoms with van der Waals surface area (Å²) in [5.41, 5.74) is 2.50. The molecule has 3 heteroatoms. The average Bonchev–Trinajstić information content (AvgIpc) is 2.46. The highest BCUT2D eigenvalue weighted by Crippen LogP contribution is 2.25. The van der Waals surface area contributed by atoms with E-state index in [0.717, 1.165) is 16.8 Å². The first-order valence-electron chi connectivity index (χ1n) is 6.37. The Hall–Kier alpha value is -1.32. The third-order valence-electron chi connectivity index (χ3n) is 3.06. The van der Waals surface area contributed by atoms with Gasteiger partial charge in [0, 0.05) is 4.47 Å². The first-order chi connectivity index (χ1) is 9.24. The van der Waals surface area contributed by atoms with Crippen LogP contribution in [0.3, 0.4) is 0 Å². The normalized spacial score (nSPS) is 12.2. The molecule has 0 heterocycles. The number of halogens is 1. The Morgan fingerprint density at radius 1 is 1.00 bits per heavy atom. The summed E-state index contributed by atoms with van der Waals surface area (Å²) < 4.78 is 6.30. The molecule has 1 N–H and O–H groups in total. The lowest BCUT2D eigenvalue weighted by atomic mass is 9.98. The molecular weight excluding hydrogens is 302 g/mol. The molecule has 0 spiro atoms. The largest absolute Gasteiger partial charge is 0.497 e. The number of hydrogen-bond donors (Lipinski definition) is 1. The molecule has 19 heavy (non-hydrogen) atoms. The van der Waals surface area contributed by atoms with E-state index in [0.29, 0.717) is 0 Å². The lowest BCUT2D eigenvalue weighted by Gasteiger charge is -2.19. The highest BCUT2D eigenvalue weighted by atomic mass is 79.9. The van der Waals surface area contributed by atoms with Crippen molar-refractivity contribution in [1.29, 1.82) is 0 Å². The minimum Gasteiger partial charge on any atom is -0.497 e. The van der Waals surface area contributed by atoms with Crippen LogP contribution in [0.25, 0.3) is 0 Å². The van der Waals surface area contributed by atoms with Crippen molar-refractivity contribution in [1.82, 2.24) is 5.32 Å². The Bertz CT molecular complexity index is 507. The van der Waals surface area contributed by atoms with E-state index in [4.69, 9.17) is 4.74 Å². The molecule has 1 unspecified atom stereocenters. The van der Waals surface area contributed by atoms with Crippen LogP contribution >= 0.6 is 15.9 Å². The van der Waals surface area contributed by atoms with E-state index >= 15 is 0 Å². The highest BCUT2D eigenvalue weighted by Gasteiger charge is 2.12. The number of rotatable bonds is 5. The number of benzene rings is 2. The van der Waals surface area contributed by atoms with Gasteiger partial charge in [-0.25, -0.2) is 0 Å². The van der Waals surface area contributed by atoms with Gasteiger partial charge >= 0.3 is 0 Å². The first kappa shape index (κ1) is 14.1. The lowest BCUT2D eigenvalue weighted by Crippen LogP contribution is -2.21. The number of nitrogens with one attached hydrogen (secondary N) is 1. The molecule has 100 valence electrons. The average molecular weight is 320 g/mol. The smallest absolute Gasteiger partial charge is 0.118 e. The Balaban J connectivity index is 2.30. The van der Waals surface area contributed by atoms with Crippen LogP contribution < -0.4 is 10.1 Å². The van der Waals surface area contributed by atoms with E-state index in [2.05, 4.69) is 64.6 Å². The quantitative estimate of drug-likeness (QED) is 0.893. The van der Waals surface area contributed by atoms with E-state index in [9.17, 15) is 0 Å². The van der Waals surface area contributed by atoms with Gasteiger partial charge in [-0.2, -0.15) is 0 Å². The van der Waals surface area contributed by atoms with Gasteiger partial charge in [0.15, 0.2) is 0 Å². The minimum atomic E-state index is 0.212. The molecule has 0 saturated heterocycles. The van der Waals surface area contributed by atoms with E-state index in [1.165, 1.54) is 11.1 Å². The maximum Gasteiger partial charge on any atom is 0.118 e. The van der Waals surface area contributed by atoms with Gasteiger partial charge in [-0.15, -0.1) is 0 Å². The van der Waals surface area contributed by atoms with Crippen LogP contribution in [-0.4, -0.2) is 13.7 Å². The molecule has 2 nitrogen and oxygen atoms in total. The maximum absolute atomic E-state index is 5.20.